The molecule has 4 rings (SSSR count). The van der Waals surface area contributed by atoms with E-state index in [4.69, 9.17) is 16.3 Å². The summed E-state index contributed by atoms with van der Waals surface area (Å²) in [5.74, 6) is 0.738. The van der Waals surface area contributed by atoms with Crippen molar-refractivity contribution >= 4 is 38.8 Å². The minimum absolute atomic E-state index is 0.169. The van der Waals surface area contributed by atoms with Crippen LogP contribution in [0.25, 0.3) is 15.9 Å². The first kappa shape index (κ1) is 16.1. The molecule has 0 aliphatic carbocycles. The third kappa shape index (κ3) is 2.88. The predicted molar refractivity (Wildman–Crippen MR) is 99.9 cm³/mol. The van der Waals surface area contributed by atoms with E-state index < -0.39 is 0 Å². The summed E-state index contributed by atoms with van der Waals surface area (Å²) >= 11 is 7.33. The lowest BCUT2D eigenvalue weighted by Gasteiger charge is -2.13. The fourth-order valence-electron chi connectivity index (χ4n) is 2.62. The molecule has 0 radical (unpaired) electrons. The van der Waals surface area contributed by atoms with Crippen LogP contribution in [0, 0.1) is 6.92 Å². The maximum absolute atomic E-state index is 12.6. The summed E-state index contributed by atoms with van der Waals surface area (Å²) in [5.41, 5.74) is 1.45. The van der Waals surface area contributed by atoms with Gasteiger partial charge in [-0.15, -0.1) is 0 Å². The highest BCUT2D eigenvalue weighted by Gasteiger charge is 2.17. The molecule has 25 heavy (non-hydrogen) atoms. The Hall–Kier alpha value is -2.44. The molecule has 2 heterocycles. The maximum atomic E-state index is 12.6. The second-order valence-corrected chi connectivity index (χ2v) is 7.16. The molecule has 5 nitrogen and oxygen atoms in total. The molecular weight excluding hydrogens is 358 g/mol. The van der Waals surface area contributed by atoms with Crippen LogP contribution in [0.5, 0.6) is 5.75 Å². The van der Waals surface area contributed by atoms with Gasteiger partial charge in [-0.25, -0.2) is 4.98 Å². The van der Waals surface area contributed by atoms with E-state index in [9.17, 15) is 4.79 Å². The van der Waals surface area contributed by atoms with Crippen molar-refractivity contribution in [3.8, 4) is 5.75 Å². The summed E-state index contributed by atoms with van der Waals surface area (Å²) in [7, 11) is 0. The van der Waals surface area contributed by atoms with Crippen LogP contribution in [0.2, 0.25) is 5.02 Å². The Morgan fingerprint density at radius 2 is 2.04 bits per heavy atom. The number of benzene rings is 2. The molecule has 0 unspecified atom stereocenters. The maximum Gasteiger partial charge on any atom is 0.283 e. The number of ether oxygens (including phenoxy) is 1. The van der Waals surface area contributed by atoms with Crippen LogP contribution in [0.15, 0.2) is 47.3 Å². The number of hydrogen-bond donors (Lipinski definition) is 0. The summed E-state index contributed by atoms with van der Waals surface area (Å²) in [5, 5.41) is 6.33. The minimum atomic E-state index is -0.311. The zero-order valence-corrected chi connectivity index (χ0v) is 15.1. The van der Waals surface area contributed by atoms with E-state index in [1.54, 1.807) is 12.1 Å². The van der Waals surface area contributed by atoms with Crippen molar-refractivity contribution in [2.75, 3.05) is 0 Å². The molecule has 2 aromatic carbocycles. The van der Waals surface area contributed by atoms with Crippen molar-refractivity contribution < 1.29 is 4.74 Å². The van der Waals surface area contributed by atoms with Crippen molar-refractivity contribution in [1.82, 2.24) is 14.6 Å². The fraction of sp³-hybridized carbons (Fsp3) is 0.167. The lowest BCUT2D eigenvalue weighted by Crippen LogP contribution is -2.15. The van der Waals surface area contributed by atoms with Crippen LogP contribution in [0.4, 0.5) is 0 Å². The summed E-state index contributed by atoms with van der Waals surface area (Å²) in [6.45, 7) is 3.83. The standard InChI is InChI=1S/C18H14ClN3O2S/c1-10-9-12(19)7-8-15(10)24-11(2)16-21-22-17(23)13-5-3-4-6-14(13)20-18(22)25-16/h3-9,11H,1-2H3/t11-/m0/s1. The van der Waals surface area contributed by atoms with E-state index in [1.165, 1.54) is 15.9 Å². The molecule has 2 aromatic heterocycles. The number of aryl methyl sites for hydroxylation is 1. The van der Waals surface area contributed by atoms with E-state index in [-0.39, 0.29) is 11.7 Å². The van der Waals surface area contributed by atoms with Gasteiger partial charge in [0.1, 0.15) is 11.9 Å². The molecule has 4 aromatic rings. The Kier molecular flexibility index (Phi) is 3.94. The minimum Gasteiger partial charge on any atom is -0.483 e. The van der Waals surface area contributed by atoms with E-state index in [0.29, 0.717) is 25.9 Å². The third-order valence-corrected chi connectivity index (χ3v) is 5.21. The number of para-hydroxylation sites is 1. The molecule has 0 aliphatic rings. The van der Waals surface area contributed by atoms with Gasteiger partial charge in [-0.3, -0.25) is 4.79 Å². The normalized spacial score (nSPS) is 12.6. The topological polar surface area (TPSA) is 56.5 Å². The second-order valence-electron chi connectivity index (χ2n) is 5.74. The second kappa shape index (κ2) is 6.13. The first-order chi connectivity index (χ1) is 12.0. The van der Waals surface area contributed by atoms with Gasteiger partial charge >= 0.3 is 0 Å². The zero-order valence-electron chi connectivity index (χ0n) is 13.6. The molecule has 0 aliphatic heterocycles. The van der Waals surface area contributed by atoms with Gasteiger partial charge < -0.3 is 4.74 Å². The number of fused-ring (bicyclic) bond motifs is 2. The zero-order chi connectivity index (χ0) is 17.6. The molecule has 0 N–H and O–H groups in total. The lowest BCUT2D eigenvalue weighted by atomic mass is 10.2. The molecule has 126 valence electrons. The van der Waals surface area contributed by atoms with Gasteiger partial charge in [-0.2, -0.15) is 9.61 Å². The highest BCUT2D eigenvalue weighted by atomic mass is 35.5. The van der Waals surface area contributed by atoms with Crippen molar-refractivity contribution in [3.63, 3.8) is 0 Å². The number of nitrogens with zero attached hydrogens (tertiary/aromatic N) is 3. The van der Waals surface area contributed by atoms with E-state index >= 15 is 0 Å². The van der Waals surface area contributed by atoms with Gasteiger partial charge in [0.25, 0.3) is 5.56 Å². The molecule has 0 saturated heterocycles. The smallest absolute Gasteiger partial charge is 0.283 e. The van der Waals surface area contributed by atoms with Gasteiger partial charge in [0, 0.05) is 5.02 Å². The number of halogens is 1. The Morgan fingerprint density at radius 1 is 1.24 bits per heavy atom. The van der Waals surface area contributed by atoms with Crippen LogP contribution >= 0.6 is 22.9 Å². The largest absolute Gasteiger partial charge is 0.483 e. The van der Waals surface area contributed by atoms with Crippen molar-refractivity contribution in [1.29, 1.82) is 0 Å². The Balaban J connectivity index is 1.75. The monoisotopic (exact) mass is 371 g/mol. The van der Waals surface area contributed by atoms with Crippen molar-refractivity contribution in [3.05, 3.63) is 68.4 Å². The van der Waals surface area contributed by atoms with Gasteiger partial charge in [0.2, 0.25) is 4.96 Å². The highest BCUT2D eigenvalue weighted by molar-refractivity contribution is 7.16. The Labute approximate surface area is 152 Å². The summed E-state index contributed by atoms with van der Waals surface area (Å²) < 4.78 is 7.34. The Bertz CT molecular complexity index is 1150. The van der Waals surface area contributed by atoms with Crippen molar-refractivity contribution in [2.45, 2.75) is 20.0 Å². The summed E-state index contributed by atoms with van der Waals surface area (Å²) in [6.07, 6.45) is -0.311. The predicted octanol–water partition coefficient (Wildman–Crippen LogP) is 4.41. The first-order valence-corrected chi connectivity index (χ1v) is 8.94. The van der Waals surface area contributed by atoms with Gasteiger partial charge in [0.15, 0.2) is 5.01 Å². The summed E-state index contributed by atoms with van der Waals surface area (Å²) in [4.78, 5) is 17.7. The highest BCUT2D eigenvalue weighted by Crippen LogP contribution is 2.29. The van der Waals surface area contributed by atoms with Gasteiger partial charge in [-0.1, -0.05) is 35.1 Å². The average Bonchev–Trinajstić information content (AvgIpc) is 3.02. The number of hydrogen-bond acceptors (Lipinski definition) is 5. The molecule has 0 amide bonds. The molecule has 7 heteroatoms. The lowest BCUT2D eigenvalue weighted by molar-refractivity contribution is 0.223. The van der Waals surface area contributed by atoms with Gasteiger partial charge in [0.05, 0.1) is 10.9 Å². The van der Waals surface area contributed by atoms with Crippen LogP contribution in [0.3, 0.4) is 0 Å². The van der Waals surface area contributed by atoms with E-state index in [0.717, 1.165) is 11.3 Å². The Morgan fingerprint density at radius 3 is 2.84 bits per heavy atom. The number of aromatic nitrogens is 3. The molecule has 1 atom stereocenters. The average molecular weight is 372 g/mol. The summed E-state index contributed by atoms with van der Waals surface area (Å²) in [6, 6.07) is 12.7. The fourth-order valence-corrected chi connectivity index (χ4v) is 3.72. The molecule has 0 spiro atoms. The molecule has 0 fully saturated rings. The third-order valence-electron chi connectivity index (χ3n) is 3.91. The number of rotatable bonds is 3. The molecular formula is C18H14ClN3O2S. The van der Waals surface area contributed by atoms with E-state index in [2.05, 4.69) is 10.1 Å². The van der Waals surface area contributed by atoms with Crippen LogP contribution in [0.1, 0.15) is 23.6 Å². The van der Waals surface area contributed by atoms with Crippen LogP contribution < -0.4 is 10.3 Å². The quantitative estimate of drug-likeness (QED) is 0.535. The van der Waals surface area contributed by atoms with E-state index in [1.807, 2.05) is 44.2 Å². The van der Waals surface area contributed by atoms with Crippen LogP contribution in [-0.2, 0) is 0 Å². The molecule has 0 bridgehead atoms. The van der Waals surface area contributed by atoms with Crippen LogP contribution in [-0.4, -0.2) is 14.6 Å². The molecule has 0 saturated carbocycles. The first-order valence-electron chi connectivity index (χ1n) is 7.74. The van der Waals surface area contributed by atoms with Crippen molar-refractivity contribution in [2.24, 2.45) is 0 Å². The van der Waals surface area contributed by atoms with Gasteiger partial charge in [-0.05, 0) is 49.7 Å². The SMILES string of the molecule is Cc1cc(Cl)ccc1O[C@@H](C)c1nn2c(=O)c3ccccc3nc2s1.